The summed E-state index contributed by atoms with van der Waals surface area (Å²) >= 11 is 0. The highest BCUT2D eigenvalue weighted by Gasteiger charge is 2.12. The number of fused-ring (bicyclic) bond motifs is 1. The lowest BCUT2D eigenvalue weighted by molar-refractivity contribution is -0.116. The van der Waals surface area contributed by atoms with Crippen LogP contribution in [0, 0.1) is 6.92 Å². The number of hydrogen-bond acceptors (Lipinski definition) is 3. The number of carbonyl (C=O) groups excluding carboxylic acids is 1. The molecule has 4 aromatic rings. The van der Waals surface area contributed by atoms with Crippen LogP contribution in [0.15, 0.2) is 78.9 Å². The molecule has 1 heterocycles. The molecule has 180 valence electrons. The quantitative estimate of drug-likeness (QED) is 0.221. The van der Waals surface area contributed by atoms with E-state index in [0.717, 1.165) is 41.1 Å². The Morgan fingerprint density at radius 2 is 1.83 bits per heavy atom. The second kappa shape index (κ2) is 11.5. The zero-order chi connectivity index (χ0) is 24.6. The number of aromatic nitrogens is 2. The van der Waals surface area contributed by atoms with Crippen molar-refractivity contribution in [1.82, 2.24) is 14.9 Å². The van der Waals surface area contributed by atoms with Crippen LogP contribution in [0.5, 0.6) is 5.75 Å². The second-order valence-corrected chi connectivity index (χ2v) is 9.03. The largest absolute Gasteiger partial charge is 0.493 e. The van der Waals surface area contributed by atoms with Gasteiger partial charge in [-0.25, -0.2) is 4.98 Å². The number of hydrogen-bond donors (Lipinski definition) is 1. The van der Waals surface area contributed by atoms with E-state index < -0.39 is 0 Å². The van der Waals surface area contributed by atoms with Crippen LogP contribution in [0.1, 0.15) is 48.7 Å². The molecule has 1 N–H and O–H groups in total. The minimum Gasteiger partial charge on any atom is -0.493 e. The van der Waals surface area contributed by atoms with Gasteiger partial charge in [-0.05, 0) is 60.2 Å². The number of rotatable bonds is 10. The standard InChI is InChI=1S/C30H33N3O2/c1-22(2)25-16-14-23(3)20-28(25)35-19-9-18-33-27-13-8-7-12-26(27)32-29(33)21-31-30(34)17-15-24-10-5-4-6-11-24/h4-8,10-17,20,22H,9,18-19,21H2,1-3H3,(H,31,34)/b17-15-. The van der Waals surface area contributed by atoms with E-state index in [1.807, 2.05) is 54.6 Å². The number of carbonyl (C=O) groups is 1. The number of aryl methyl sites for hydroxylation is 2. The van der Waals surface area contributed by atoms with Crippen molar-refractivity contribution in [3.05, 3.63) is 101 Å². The monoisotopic (exact) mass is 467 g/mol. The maximum absolute atomic E-state index is 12.4. The highest BCUT2D eigenvalue weighted by atomic mass is 16.5. The van der Waals surface area contributed by atoms with Gasteiger partial charge in [0.15, 0.2) is 0 Å². The molecule has 0 aliphatic heterocycles. The second-order valence-electron chi connectivity index (χ2n) is 9.03. The first kappa shape index (κ1) is 24.3. The van der Waals surface area contributed by atoms with E-state index in [-0.39, 0.29) is 5.91 Å². The number of ether oxygens (including phenoxy) is 1. The molecular formula is C30H33N3O2. The number of nitrogens with zero attached hydrogens (tertiary/aromatic N) is 2. The van der Waals surface area contributed by atoms with Gasteiger partial charge in [0.25, 0.3) is 0 Å². The summed E-state index contributed by atoms with van der Waals surface area (Å²) in [5.74, 6) is 2.07. The Morgan fingerprint density at radius 3 is 2.63 bits per heavy atom. The summed E-state index contributed by atoms with van der Waals surface area (Å²) in [6.07, 6.45) is 4.21. The SMILES string of the molecule is Cc1ccc(C(C)C)c(OCCCn2c(CNC(=O)/C=C\c3ccccc3)nc3ccccc32)c1. The minimum absolute atomic E-state index is 0.142. The summed E-state index contributed by atoms with van der Waals surface area (Å²) in [6.45, 7) is 8.19. The fourth-order valence-electron chi connectivity index (χ4n) is 4.12. The third kappa shape index (κ3) is 6.38. The maximum atomic E-state index is 12.4. The van der Waals surface area contributed by atoms with E-state index in [2.05, 4.69) is 54.9 Å². The van der Waals surface area contributed by atoms with Crippen LogP contribution in [-0.4, -0.2) is 22.1 Å². The van der Waals surface area contributed by atoms with Crippen LogP contribution >= 0.6 is 0 Å². The van der Waals surface area contributed by atoms with Crippen molar-refractivity contribution < 1.29 is 9.53 Å². The normalized spacial score (nSPS) is 11.4. The summed E-state index contributed by atoms with van der Waals surface area (Å²) in [5.41, 5.74) is 5.41. The molecule has 0 radical (unpaired) electrons. The van der Waals surface area contributed by atoms with Crippen LogP contribution in [0.2, 0.25) is 0 Å². The highest BCUT2D eigenvalue weighted by molar-refractivity contribution is 5.91. The number of nitrogens with one attached hydrogen (secondary N) is 1. The first-order chi connectivity index (χ1) is 17.0. The van der Waals surface area contributed by atoms with Gasteiger partial charge in [-0.2, -0.15) is 0 Å². The zero-order valence-corrected chi connectivity index (χ0v) is 20.7. The van der Waals surface area contributed by atoms with E-state index in [9.17, 15) is 4.79 Å². The van der Waals surface area contributed by atoms with Gasteiger partial charge in [0.2, 0.25) is 5.91 Å². The van der Waals surface area contributed by atoms with Gasteiger partial charge in [-0.15, -0.1) is 0 Å². The van der Waals surface area contributed by atoms with Crippen molar-refractivity contribution in [3.63, 3.8) is 0 Å². The third-order valence-electron chi connectivity index (χ3n) is 5.96. The lowest BCUT2D eigenvalue weighted by atomic mass is 10.0. The van der Waals surface area contributed by atoms with Crippen LogP contribution in [0.3, 0.4) is 0 Å². The molecule has 0 unspecified atom stereocenters. The Balaban J connectivity index is 1.40. The van der Waals surface area contributed by atoms with Gasteiger partial charge in [0.1, 0.15) is 11.6 Å². The van der Waals surface area contributed by atoms with E-state index in [1.165, 1.54) is 11.1 Å². The molecule has 0 saturated carbocycles. The average molecular weight is 468 g/mol. The number of benzene rings is 3. The Kier molecular flexibility index (Phi) is 7.99. The van der Waals surface area contributed by atoms with Crippen molar-refractivity contribution in [2.75, 3.05) is 6.61 Å². The molecule has 1 amide bonds. The first-order valence-electron chi connectivity index (χ1n) is 12.2. The molecule has 0 aliphatic rings. The van der Waals surface area contributed by atoms with E-state index >= 15 is 0 Å². The zero-order valence-electron chi connectivity index (χ0n) is 20.7. The number of imidazole rings is 1. The molecule has 0 aliphatic carbocycles. The van der Waals surface area contributed by atoms with Crippen molar-refractivity contribution in [3.8, 4) is 5.75 Å². The summed E-state index contributed by atoms with van der Waals surface area (Å²) < 4.78 is 8.37. The Morgan fingerprint density at radius 1 is 1.06 bits per heavy atom. The summed E-state index contributed by atoms with van der Waals surface area (Å²) in [5, 5.41) is 2.97. The molecule has 5 heteroatoms. The summed E-state index contributed by atoms with van der Waals surface area (Å²) in [4.78, 5) is 17.2. The Labute approximate surface area is 207 Å². The van der Waals surface area contributed by atoms with Crippen LogP contribution in [0.4, 0.5) is 0 Å². The highest BCUT2D eigenvalue weighted by Crippen LogP contribution is 2.27. The Bertz CT molecular complexity index is 1310. The van der Waals surface area contributed by atoms with Crippen molar-refractivity contribution in [2.24, 2.45) is 0 Å². The maximum Gasteiger partial charge on any atom is 0.244 e. The molecular weight excluding hydrogens is 434 g/mol. The molecule has 0 spiro atoms. The molecule has 0 bridgehead atoms. The molecule has 0 atom stereocenters. The van der Waals surface area contributed by atoms with Gasteiger partial charge in [-0.1, -0.05) is 68.4 Å². The third-order valence-corrected chi connectivity index (χ3v) is 5.96. The fourth-order valence-corrected chi connectivity index (χ4v) is 4.12. The summed E-state index contributed by atoms with van der Waals surface area (Å²) in [6, 6.07) is 24.3. The van der Waals surface area contributed by atoms with Crippen molar-refractivity contribution >= 4 is 23.0 Å². The fraction of sp³-hybridized carbons (Fsp3) is 0.267. The molecule has 0 fully saturated rings. The summed E-state index contributed by atoms with van der Waals surface area (Å²) in [7, 11) is 0. The van der Waals surface area contributed by atoms with Crippen LogP contribution in [0.25, 0.3) is 17.1 Å². The molecule has 0 saturated heterocycles. The van der Waals surface area contributed by atoms with E-state index in [0.29, 0.717) is 19.1 Å². The predicted octanol–water partition coefficient (Wildman–Crippen LogP) is 6.27. The molecule has 5 nitrogen and oxygen atoms in total. The first-order valence-corrected chi connectivity index (χ1v) is 12.2. The Hall–Kier alpha value is -3.86. The van der Waals surface area contributed by atoms with Crippen LogP contribution < -0.4 is 10.1 Å². The topological polar surface area (TPSA) is 56.1 Å². The van der Waals surface area contributed by atoms with Gasteiger partial charge < -0.3 is 14.6 Å². The minimum atomic E-state index is -0.142. The van der Waals surface area contributed by atoms with Gasteiger partial charge in [0.05, 0.1) is 24.2 Å². The smallest absolute Gasteiger partial charge is 0.244 e. The van der Waals surface area contributed by atoms with E-state index in [1.54, 1.807) is 6.08 Å². The molecule has 35 heavy (non-hydrogen) atoms. The number of amides is 1. The molecule has 4 rings (SSSR count). The molecule has 3 aromatic carbocycles. The molecule has 1 aromatic heterocycles. The lowest BCUT2D eigenvalue weighted by Crippen LogP contribution is -2.23. The average Bonchev–Trinajstić information content (AvgIpc) is 3.22. The van der Waals surface area contributed by atoms with Crippen LogP contribution in [-0.2, 0) is 17.9 Å². The van der Waals surface area contributed by atoms with Gasteiger partial charge in [0, 0.05) is 12.6 Å². The van der Waals surface area contributed by atoms with Gasteiger partial charge in [-0.3, -0.25) is 4.79 Å². The van der Waals surface area contributed by atoms with Crippen molar-refractivity contribution in [2.45, 2.75) is 46.2 Å². The lowest BCUT2D eigenvalue weighted by Gasteiger charge is -2.15. The van der Waals surface area contributed by atoms with Crippen molar-refractivity contribution in [1.29, 1.82) is 0 Å². The van der Waals surface area contributed by atoms with E-state index in [4.69, 9.17) is 9.72 Å². The van der Waals surface area contributed by atoms with Gasteiger partial charge >= 0.3 is 0 Å². The predicted molar refractivity (Wildman–Crippen MR) is 142 cm³/mol. The number of para-hydroxylation sites is 2.